The first-order valence-corrected chi connectivity index (χ1v) is 9.20. The summed E-state index contributed by atoms with van der Waals surface area (Å²) in [5.41, 5.74) is 0.00923. The molecule has 24 heavy (non-hydrogen) atoms. The number of carbonyl (C=O) groups is 2. The third-order valence-electron chi connectivity index (χ3n) is 5.75. The van der Waals surface area contributed by atoms with Gasteiger partial charge < -0.3 is 4.74 Å². The molecule has 2 bridgehead atoms. The summed E-state index contributed by atoms with van der Waals surface area (Å²) < 4.78 is 6.11. The van der Waals surface area contributed by atoms with Crippen LogP contribution in [0.3, 0.4) is 0 Å². The van der Waals surface area contributed by atoms with Crippen LogP contribution < -0.4 is 4.90 Å². The first kappa shape index (κ1) is 15.7. The number of carbonyl (C=O) groups excluding carboxylic acids is 2. The quantitative estimate of drug-likeness (QED) is 0.469. The van der Waals surface area contributed by atoms with Crippen LogP contribution in [0.4, 0.5) is 11.4 Å². The molecule has 0 radical (unpaired) electrons. The minimum absolute atomic E-state index is 0.168. The number of benzene rings is 1. The largest absolute Gasteiger partial charge is 0.367 e. The molecule has 3 aliphatic heterocycles. The Morgan fingerprint density at radius 3 is 2.29 bits per heavy atom. The van der Waals surface area contributed by atoms with Gasteiger partial charge in [-0.3, -0.25) is 9.59 Å². The Labute approximate surface area is 145 Å². The Morgan fingerprint density at radius 2 is 1.79 bits per heavy atom. The van der Waals surface area contributed by atoms with Crippen molar-refractivity contribution in [1.29, 1.82) is 0 Å². The molecule has 2 amide bonds. The summed E-state index contributed by atoms with van der Waals surface area (Å²) in [5, 5.41) is 0. The Kier molecular flexibility index (Phi) is 3.16. The van der Waals surface area contributed by atoms with E-state index < -0.39 is 23.0 Å². The molecular weight excluding hydrogens is 324 g/mol. The molecule has 4 rings (SSSR count). The number of thioether (sulfide) groups is 1. The van der Waals surface area contributed by atoms with E-state index in [4.69, 9.17) is 11.3 Å². The number of ether oxygens (including phenoxy) is 1. The zero-order chi connectivity index (χ0) is 17.3. The lowest BCUT2D eigenvalue weighted by Gasteiger charge is -2.27. The fourth-order valence-corrected chi connectivity index (χ4v) is 5.18. The van der Waals surface area contributed by atoms with Crippen LogP contribution in [0.5, 0.6) is 0 Å². The van der Waals surface area contributed by atoms with Crippen molar-refractivity contribution < 1.29 is 14.3 Å². The average Bonchev–Trinajstić information content (AvgIpc) is 3.11. The SMILES string of the molecule is [C-]#[N+]c1ccc(N2C(=O)[C@@H]3[C@H](C2=O)C2(C)CCC3(C)O2)cc1SC. The van der Waals surface area contributed by atoms with Gasteiger partial charge in [0.25, 0.3) is 0 Å². The van der Waals surface area contributed by atoms with Crippen LogP contribution in [-0.4, -0.2) is 29.3 Å². The molecule has 0 N–H and O–H groups in total. The highest BCUT2D eigenvalue weighted by Gasteiger charge is 2.72. The van der Waals surface area contributed by atoms with Crippen molar-refractivity contribution in [2.24, 2.45) is 11.8 Å². The van der Waals surface area contributed by atoms with Crippen LogP contribution in [-0.2, 0) is 14.3 Å². The lowest BCUT2D eigenvalue weighted by Crippen LogP contribution is -2.40. The van der Waals surface area contributed by atoms with Gasteiger partial charge in [0.05, 0.1) is 35.3 Å². The van der Waals surface area contributed by atoms with Gasteiger partial charge >= 0.3 is 0 Å². The Morgan fingerprint density at radius 1 is 1.21 bits per heavy atom. The molecule has 0 aromatic heterocycles. The molecule has 3 fully saturated rings. The lowest BCUT2D eigenvalue weighted by molar-refractivity contribution is -0.129. The minimum atomic E-state index is -0.542. The van der Waals surface area contributed by atoms with Gasteiger partial charge in [-0.25, -0.2) is 9.74 Å². The molecule has 3 saturated heterocycles. The van der Waals surface area contributed by atoms with Gasteiger partial charge in [0.2, 0.25) is 17.5 Å². The van der Waals surface area contributed by atoms with Crippen LogP contribution >= 0.6 is 11.8 Å². The van der Waals surface area contributed by atoms with Crippen LogP contribution in [0.25, 0.3) is 4.85 Å². The number of amides is 2. The van der Waals surface area contributed by atoms with Crippen molar-refractivity contribution >= 4 is 35.0 Å². The van der Waals surface area contributed by atoms with E-state index >= 15 is 0 Å². The summed E-state index contributed by atoms with van der Waals surface area (Å²) in [6.45, 7) is 11.1. The predicted molar refractivity (Wildman–Crippen MR) is 91.1 cm³/mol. The predicted octanol–water partition coefficient (Wildman–Crippen LogP) is 3.41. The van der Waals surface area contributed by atoms with E-state index in [2.05, 4.69) is 4.85 Å². The van der Waals surface area contributed by atoms with E-state index in [-0.39, 0.29) is 11.8 Å². The highest BCUT2D eigenvalue weighted by Crippen LogP contribution is 2.61. The molecule has 4 atom stereocenters. The third kappa shape index (κ3) is 1.80. The maximum atomic E-state index is 13.0. The van der Waals surface area contributed by atoms with E-state index in [9.17, 15) is 9.59 Å². The molecule has 2 unspecified atom stereocenters. The zero-order valence-electron chi connectivity index (χ0n) is 13.8. The summed E-state index contributed by atoms with van der Waals surface area (Å²) in [6, 6.07) is 5.14. The standard InChI is InChI=1S/C18H18N2O3S/c1-17-7-8-18(2,23-17)14-13(17)15(21)20(16(14)22)10-5-6-11(19-3)12(9-10)24-4/h5-6,9,13-14H,7-8H2,1-2,4H3/t13-,14+,17?,18?. The van der Waals surface area contributed by atoms with E-state index in [1.54, 1.807) is 18.2 Å². The summed E-state index contributed by atoms with van der Waals surface area (Å²) in [6.07, 6.45) is 3.50. The van der Waals surface area contributed by atoms with Gasteiger partial charge in [-0.05, 0) is 45.1 Å². The third-order valence-corrected chi connectivity index (χ3v) is 6.51. The van der Waals surface area contributed by atoms with Gasteiger partial charge in [-0.1, -0.05) is 6.07 Å². The molecule has 3 aliphatic rings. The second-order valence-corrected chi connectivity index (χ2v) is 8.01. The van der Waals surface area contributed by atoms with Gasteiger partial charge in [0.1, 0.15) is 0 Å². The zero-order valence-corrected chi connectivity index (χ0v) is 14.6. The monoisotopic (exact) mass is 342 g/mol. The number of hydrogen-bond acceptors (Lipinski definition) is 4. The van der Waals surface area contributed by atoms with E-state index in [1.165, 1.54) is 16.7 Å². The fourth-order valence-electron chi connectivity index (χ4n) is 4.62. The maximum Gasteiger partial charge on any atom is 0.240 e. The van der Waals surface area contributed by atoms with Crippen LogP contribution in [0, 0.1) is 18.4 Å². The van der Waals surface area contributed by atoms with E-state index in [1.807, 2.05) is 20.1 Å². The Balaban J connectivity index is 1.78. The van der Waals surface area contributed by atoms with Gasteiger partial charge in [0.15, 0.2) is 0 Å². The second kappa shape index (κ2) is 4.84. The summed E-state index contributed by atoms with van der Waals surface area (Å²) in [4.78, 5) is 31.7. The van der Waals surface area contributed by atoms with Crippen molar-refractivity contribution in [3.05, 3.63) is 29.6 Å². The van der Waals surface area contributed by atoms with Crippen molar-refractivity contribution in [3.63, 3.8) is 0 Å². The molecule has 124 valence electrons. The van der Waals surface area contributed by atoms with Gasteiger partial charge in [-0.15, -0.1) is 11.8 Å². The average molecular weight is 342 g/mol. The lowest BCUT2D eigenvalue weighted by atomic mass is 9.69. The minimum Gasteiger partial charge on any atom is -0.367 e. The molecule has 6 heteroatoms. The number of anilines is 1. The highest BCUT2D eigenvalue weighted by molar-refractivity contribution is 7.98. The Bertz CT molecular complexity index is 783. The first-order valence-electron chi connectivity index (χ1n) is 7.98. The second-order valence-electron chi connectivity index (χ2n) is 7.16. The number of rotatable bonds is 2. The molecular formula is C18H18N2O3S. The van der Waals surface area contributed by atoms with Crippen LogP contribution in [0.2, 0.25) is 0 Å². The summed E-state index contributed by atoms with van der Waals surface area (Å²) in [7, 11) is 0. The topological polar surface area (TPSA) is 51.0 Å². The number of imide groups is 1. The van der Waals surface area contributed by atoms with Crippen molar-refractivity contribution in [2.75, 3.05) is 11.2 Å². The van der Waals surface area contributed by atoms with Gasteiger partial charge in [0, 0.05) is 4.90 Å². The highest BCUT2D eigenvalue weighted by atomic mass is 32.2. The fraction of sp³-hybridized carbons (Fsp3) is 0.500. The van der Waals surface area contributed by atoms with E-state index in [0.29, 0.717) is 11.4 Å². The first-order chi connectivity index (χ1) is 11.3. The molecule has 0 saturated carbocycles. The molecule has 3 heterocycles. The number of nitrogens with zero attached hydrogens (tertiary/aromatic N) is 2. The summed E-state index contributed by atoms with van der Waals surface area (Å²) in [5.74, 6) is -1.14. The van der Waals surface area contributed by atoms with Crippen molar-refractivity contribution in [2.45, 2.75) is 42.8 Å². The smallest absolute Gasteiger partial charge is 0.240 e. The van der Waals surface area contributed by atoms with Gasteiger partial charge in [-0.2, -0.15) is 0 Å². The molecule has 1 aromatic rings. The normalized spacial score (nSPS) is 37.0. The van der Waals surface area contributed by atoms with Crippen LogP contribution in [0.15, 0.2) is 23.1 Å². The number of fused-ring (bicyclic) bond motifs is 5. The van der Waals surface area contributed by atoms with E-state index in [0.717, 1.165) is 17.7 Å². The van der Waals surface area contributed by atoms with Crippen molar-refractivity contribution in [3.8, 4) is 0 Å². The number of hydrogen-bond donors (Lipinski definition) is 0. The Hall–Kier alpha value is -1.84. The molecule has 5 nitrogen and oxygen atoms in total. The van der Waals surface area contributed by atoms with Crippen LogP contribution in [0.1, 0.15) is 26.7 Å². The molecule has 1 aromatic carbocycles. The van der Waals surface area contributed by atoms with Crippen molar-refractivity contribution in [1.82, 2.24) is 0 Å². The maximum absolute atomic E-state index is 13.0. The summed E-state index contributed by atoms with van der Waals surface area (Å²) >= 11 is 1.44. The molecule has 0 spiro atoms. The molecule has 0 aliphatic carbocycles.